The number of aromatic nitrogens is 3. The first-order chi connectivity index (χ1) is 15.2. The van der Waals surface area contributed by atoms with Gasteiger partial charge in [0.1, 0.15) is 18.0 Å². The third-order valence-electron chi connectivity index (χ3n) is 4.64. The highest BCUT2D eigenvalue weighted by atomic mass is 32.1. The van der Waals surface area contributed by atoms with E-state index in [2.05, 4.69) is 15.4 Å². The zero-order valence-corrected chi connectivity index (χ0v) is 17.0. The highest BCUT2D eigenvalue weighted by Crippen LogP contribution is 2.31. The zero-order chi connectivity index (χ0) is 21.2. The number of fused-ring (bicyclic) bond motifs is 2. The number of thiazole rings is 1. The Morgan fingerprint density at radius 2 is 1.81 bits per heavy atom. The van der Waals surface area contributed by atoms with Crippen molar-refractivity contribution in [3.8, 4) is 11.5 Å². The van der Waals surface area contributed by atoms with Crippen LogP contribution in [0.15, 0.2) is 83.8 Å². The van der Waals surface area contributed by atoms with E-state index in [1.807, 2.05) is 48.5 Å². The van der Waals surface area contributed by atoms with Crippen LogP contribution in [0.25, 0.3) is 21.1 Å². The van der Waals surface area contributed by atoms with E-state index in [1.165, 1.54) is 22.2 Å². The topological polar surface area (TPSA) is 86.1 Å². The van der Waals surface area contributed by atoms with Gasteiger partial charge in [0, 0.05) is 11.5 Å². The Hall–Kier alpha value is -4.04. The van der Waals surface area contributed by atoms with Crippen LogP contribution in [0.1, 0.15) is 0 Å². The van der Waals surface area contributed by atoms with Crippen molar-refractivity contribution in [2.75, 3.05) is 5.32 Å². The lowest BCUT2D eigenvalue weighted by atomic mass is 10.2. The summed E-state index contributed by atoms with van der Waals surface area (Å²) in [5, 5.41) is 7.92. The summed E-state index contributed by atoms with van der Waals surface area (Å²) in [5.74, 6) is 1.17. The number of rotatable bonds is 5. The smallest absolute Gasteiger partial charge is 0.247 e. The number of anilines is 1. The fourth-order valence-electron chi connectivity index (χ4n) is 3.23. The molecule has 152 valence electrons. The number of carbonyl (C=O) groups is 1. The number of hydrogen-bond acceptors (Lipinski definition) is 6. The average molecular weight is 428 g/mol. The Bertz CT molecular complexity index is 1460. The summed E-state index contributed by atoms with van der Waals surface area (Å²) in [5.41, 5.74) is 1.21. The van der Waals surface area contributed by atoms with Crippen LogP contribution in [0.5, 0.6) is 11.5 Å². The van der Waals surface area contributed by atoms with Crippen molar-refractivity contribution in [1.29, 1.82) is 0 Å². The van der Waals surface area contributed by atoms with Gasteiger partial charge < -0.3 is 10.1 Å². The van der Waals surface area contributed by atoms with E-state index in [0.29, 0.717) is 21.8 Å². The Labute approximate surface area is 180 Å². The van der Waals surface area contributed by atoms with Gasteiger partial charge in [-0.3, -0.25) is 14.3 Å². The van der Waals surface area contributed by atoms with Crippen LogP contribution in [-0.2, 0) is 11.3 Å². The minimum Gasteiger partial charge on any atom is -0.457 e. The predicted molar refractivity (Wildman–Crippen MR) is 121 cm³/mol. The van der Waals surface area contributed by atoms with Crippen molar-refractivity contribution in [3.63, 3.8) is 0 Å². The lowest BCUT2D eigenvalue weighted by molar-refractivity contribution is -0.116. The van der Waals surface area contributed by atoms with E-state index in [0.717, 1.165) is 16.0 Å². The Balaban J connectivity index is 1.34. The fourth-order valence-corrected chi connectivity index (χ4v) is 4.14. The molecular weight excluding hydrogens is 412 g/mol. The lowest BCUT2D eigenvalue weighted by Crippen LogP contribution is -2.22. The zero-order valence-electron chi connectivity index (χ0n) is 16.2. The third-order valence-corrected chi connectivity index (χ3v) is 5.57. The van der Waals surface area contributed by atoms with E-state index < -0.39 is 0 Å². The molecule has 0 radical (unpaired) electrons. The van der Waals surface area contributed by atoms with Gasteiger partial charge in [0.05, 0.1) is 21.9 Å². The van der Waals surface area contributed by atoms with Crippen molar-refractivity contribution < 1.29 is 9.53 Å². The van der Waals surface area contributed by atoms with E-state index in [-0.39, 0.29) is 17.9 Å². The lowest BCUT2D eigenvalue weighted by Gasteiger charge is -2.08. The Kier molecular flexibility index (Phi) is 4.89. The Morgan fingerprint density at radius 1 is 1.00 bits per heavy atom. The number of benzene rings is 3. The average Bonchev–Trinajstić information content (AvgIpc) is 3.18. The summed E-state index contributed by atoms with van der Waals surface area (Å²) >= 11 is 1.36. The second kappa shape index (κ2) is 8.00. The molecule has 1 amide bonds. The van der Waals surface area contributed by atoms with Gasteiger partial charge in [-0.15, -0.1) is 0 Å². The molecule has 2 heterocycles. The first-order valence-electron chi connectivity index (χ1n) is 9.54. The summed E-state index contributed by atoms with van der Waals surface area (Å²) in [7, 11) is 0. The molecule has 0 aliphatic rings. The van der Waals surface area contributed by atoms with E-state index in [9.17, 15) is 9.59 Å². The number of ether oxygens (including phenoxy) is 1. The van der Waals surface area contributed by atoms with Crippen molar-refractivity contribution in [2.24, 2.45) is 0 Å². The second-order valence-electron chi connectivity index (χ2n) is 6.80. The monoisotopic (exact) mass is 428 g/mol. The van der Waals surface area contributed by atoms with Crippen molar-refractivity contribution in [1.82, 2.24) is 14.8 Å². The highest BCUT2D eigenvalue weighted by Gasteiger charge is 2.12. The number of hydrogen-bond donors (Lipinski definition) is 1. The maximum atomic E-state index is 12.6. The molecule has 0 atom stereocenters. The summed E-state index contributed by atoms with van der Waals surface area (Å²) in [6.45, 7) is -0.0287. The van der Waals surface area contributed by atoms with Crippen LogP contribution >= 0.6 is 11.3 Å². The van der Waals surface area contributed by atoms with Gasteiger partial charge in [-0.1, -0.05) is 41.7 Å². The number of nitrogens with zero attached hydrogens (tertiary/aromatic N) is 3. The number of carbonyl (C=O) groups excluding carboxylic acids is 1. The summed E-state index contributed by atoms with van der Waals surface area (Å²) in [6, 6.07) is 22.2. The van der Waals surface area contributed by atoms with Crippen LogP contribution in [0.3, 0.4) is 0 Å². The largest absolute Gasteiger partial charge is 0.457 e. The molecule has 0 spiro atoms. The van der Waals surface area contributed by atoms with Gasteiger partial charge >= 0.3 is 0 Å². The molecule has 1 N–H and O–H groups in total. The van der Waals surface area contributed by atoms with Gasteiger partial charge in [-0.05, 0) is 36.4 Å². The summed E-state index contributed by atoms with van der Waals surface area (Å²) in [4.78, 5) is 29.0. The van der Waals surface area contributed by atoms with Gasteiger partial charge in [0.25, 0.3) is 0 Å². The molecule has 0 unspecified atom stereocenters. The minimum absolute atomic E-state index is 0.0287. The third kappa shape index (κ3) is 4.01. The van der Waals surface area contributed by atoms with Gasteiger partial charge in [-0.25, -0.2) is 4.98 Å². The summed E-state index contributed by atoms with van der Waals surface area (Å²) < 4.78 is 8.26. The molecule has 0 bridgehead atoms. The van der Waals surface area contributed by atoms with Crippen LogP contribution in [0, 0.1) is 0 Å². The quantitative estimate of drug-likeness (QED) is 0.447. The van der Waals surface area contributed by atoms with Gasteiger partial charge in [0.15, 0.2) is 5.13 Å². The second-order valence-corrected chi connectivity index (χ2v) is 7.83. The van der Waals surface area contributed by atoms with Crippen LogP contribution < -0.4 is 15.5 Å². The van der Waals surface area contributed by atoms with Gasteiger partial charge in [0.2, 0.25) is 11.3 Å². The molecule has 0 saturated carbocycles. The minimum atomic E-state index is -0.277. The number of nitrogens with one attached hydrogen (secondary N) is 1. The maximum absolute atomic E-state index is 12.6. The van der Waals surface area contributed by atoms with Crippen LogP contribution in [0.2, 0.25) is 0 Å². The molecule has 8 heteroatoms. The van der Waals surface area contributed by atoms with Crippen LogP contribution in [0.4, 0.5) is 5.13 Å². The molecule has 0 aliphatic heterocycles. The van der Waals surface area contributed by atoms with Gasteiger partial charge in [-0.2, -0.15) is 5.10 Å². The molecule has 2 aromatic heterocycles. The van der Waals surface area contributed by atoms with Crippen molar-refractivity contribution >= 4 is 43.5 Å². The normalized spacial score (nSPS) is 11.0. The van der Waals surface area contributed by atoms with E-state index in [4.69, 9.17) is 4.74 Å². The molecule has 5 aromatic rings. The fraction of sp³-hybridized carbons (Fsp3) is 0.0435. The Morgan fingerprint density at radius 3 is 2.68 bits per heavy atom. The molecule has 5 rings (SSSR count). The number of amides is 1. The first-order valence-corrected chi connectivity index (χ1v) is 10.4. The molecule has 3 aromatic carbocycles. The highest BCUT2D eigenvalue weighted by molar-refractivity contribution is 7.22. The molecule has 31 heavy (non-hydrogen) atoms. The summed E-state index contributed by atoms with van der Waals surface area (Å²) in [6.07, 6.45) is 1.22. The van der Waals surface area contributed by atoms with Crippen LogP contribution in [-0.4, -0.2) is 20.7 Å². The van der Waals surface area contributed by atoms with Crippen molar-refractivity contribution in [2.45, 2.75) is 6.54 Å². The van der Waals surface area contributed by atoms with E-state index in [1.54, 1.807) is 24.3 Å². The molecule has 0 aliphatic carbocycles. The SMILES string of the molecule is O=C(Cn1ncc(=O)c2ccccc21)Nc1nc2ccc(Oc3ccccc3)cc2s1. The molecular formula is C23H16N4O3S. The molecule has 0 saturated heterocycles. The molecule has 0 fully saturated rings. The first kappa shape index (κ1) is 19.0. The number of para-hydroxylation sites is 2. The molecule has 7 nitrogen and oxygen atoms in total. The maximum Gasteiger partial charge on any atom is 0.247 e. The van der Waals surface area contributed by atoms with E-state index >= 15 is 0 Å². The van der Waals surface area contributed by atoms with Crippen molar-refractivity contribution in [3.05, 3.63) is 89.2 Å². The standard InChI is InChI=1S/C23H16N4O3S/c28-20-13-24-27(19-9-5-4-8-17(19)20)14-22(29)26-23-25-18-11-10-16(12-21(18)31-23)30-15-6-2-1-3-7-15/h1-13H,14H2,(H,25,26,29). The predicted octanol–water partition coefficient (Wildman–Crippen LogP) is 4.44.